The monoisotopic (exact) mass is 325 g/mol. The number of carbonyl (C=O) groups excluding carboxylic acids is 2. The molecule has 0 fully saturated rings. The molecule has 0 saturated heterocycles. The van der Waals surface area contributed by atoms with Crippen LogP contribution in [0.3, 0.4) is 0 Å². The summed E-state index contributed by atoms with van der Waals surface area (Å²) in [6.07, 6.45) is 1.31. The van der Waals surface area contributed by atoms with Crippen LogP contribution >= 0.6 is 0 Å². The summed E-state index contributed by atoms with van der Waals surface area (Å²) >= 11 is 0. The number of rotatable bonds is 5. The van der Waals surface area contributed by atoms with Gasteiger partial charge in [-0.2, -0.15) is 0 Å². The van der Waals surface area contributed by atoms with E-state index in [1.165, 1.54) is 13.0 Å². The summed E-state index contributed by atoms with van der Waals surface area (Å²) in [6, 6.07) is 14.8. The number of hydrogen-bond acceptors (Lipinski definition) is 4. The summed E-state index contributed by atoms with van der Waals surface area (Å²) in [5, 5.41) is 11.3. The molecule has 6 nitrogen and oxygen atoms in total. The number of ether oxygens (including phenoxy) is 1. The summed E-state index contributed by atoms with van der Waals surface area (Å²) in [5.74, 6) is -1.87. The fourth-order valence-electron chi connectivity index (χ4n) is 1.88. The fraction of sp³-hybridized carbons (Fsp3) is 0.0556. The maximum atomic E-state index is 11.9. The van der Waals surface area contributed by atoms with Gasteiger partial charge in [-0.15, -0.1) is 0 Å². The Morgan fingerprint density at radius 2 is 1.62 bits per heavy atom. The maximum Gasteiger partial charge on any atom is 0.352 e. The predicted octanol–water partition coefficient (Wildman–Crippen LogP) is 2.47. The minimum absolute atomic E-state index is 0.239. The van der Waals surface area contributed by atoms with Gasteiger partial charge in [-0.05, 0) is 35.9 Å². The van der Waals surface area contributed by atoms with Crippen molar-refractivity contribution < 1.29 is 24.2 Å². The Bertz CT molecular complexity index is 779. The number of esters is 1. The lowest BCUT2D eigenvalue weighted by atomic mass is 10.2. The summed E-state index contributed by atoms with van der Waals surface area (Å²) in [5.41, 5.74) is 0.734. The zero-order valence-electron chi connectivity index (χ0n) is 12.9. The Kier molecular flexibility index (Phi) is 5.46. The van der Waals surface area contributed by atoms with E-state index in [1.54, 1.807) is 54.6 Å². The largest absolute Gasteiger partial charge is 0.477 e. The Morgan fingerprint density at radius 1 is 1.00 bits per heavy atom. The van der Waals surface area contributed by atoms with Crippen LogP contribution in [0.5, 0.6) is 5.75 Å². The molecule has 0 unspecified atom stereocenters. The van der Waals surface area contributed by atoms with Crippen LogP contribution in [-0.4, -0.2) is 23.0 Å². The van der Waals surface area contributed by atoms with Crippen LogP contribution in [-0.2, 0) is 9.59 Å². The van der Waals surface area contributed by atoms with E-state index in [4.69, 9.17) is 9.84 Å². The van der Waals surface area contributed by atoms with Gasteiger partial charge in [0.15, 0.2) is 0 Å². The molecule has 0 aromatic heterocycles. The quantitative estimate of drug-likeness (QED) is 0.500. The lowest BCUT2D eigenvalue weighted by molar-refractivity contribution is -0.134. The minimum Gasteiger partial charge on any atom is -0.477 e. The van der Waals surface area contributed by atoms with Crippen LogP contribution in [0.1, 0.15) is 22.8 Å². The molecule has 2 aromatic rings. The lowest BCUT2D eigenvalue weighted by Gasteiger charge is -2.06. The number of nitrogens with one attached hydrogen (secondary N) is 1. The molecule has 0 aliphatic carbocycles. The van der Waals surface area contributed by atoms with Crippen molar-refractivity contribution in [3.63, 3.8) is 0 Å². The third-order valence-electron chi connectivity index (χ3n) is 2.95. The highest BCUT2D eigenvalue weighted by Gasteiger charge is 2.10. The number of carboxylic acid groups (broad SMARTS) is 1. The Hall–Kier alpha value is -3.41. The smallest absolute Gasteiger partial charge is 0.352 e. The van der Waals surface area contributed by atoms with Crippen molar-refractivity contribution >= 4 is 23.9 Å². The van der Waals surface area contributed by atoms with E-state index in [0.717, 1.165) is 0 Å². The Morgan fingerprint density at radius 3 is 2.17 bits per heavy atom. The SMILES string of the molecule is CC(=O)NC(=Cc1ccc(OC(=O)c2ccccc2)cc1)C(=O)O. The highest BCUT2D eigenvalue weighted by Crippen LogP contribution is 2.16. The molecule has 2 aromatic carbocycles. The first-order valence-corrected chi connectivity index (χ1v) is 7.05. The lowest BCUT2D eigenvalue weighted by Crippen LogP contribution is -2.24. The molecule has 0 saturated carbocycles. The number of aliphatic carboxylic acids is 1. The van der Waals surface area contributed by atoms with Gasteiger partial charge in [0.1, 0.15) is 11.4 Å². The summed E-state index contributed by atoms with van der Waals surface area (Å²) in [6.45, 7) is 1.23. The van der Waals surface area contributed by atoms with Gasteiger partial charge in [0.2, 0.25) is 5.91 Å². The highest BCUT2D eigenvalue weighted by molar-refractivity contribution is 5.96. The highest BCUT2D eigenvalue weighted by atomic mass is 16.5. The van der Waals surface area contributed by atoms with Gasteiger partial charge in [0.05, 0.1) is 5.56 Å². The average molecular weight is 325 g/mol. The van der Waals surface area contributed by atoms with Gasteiger partial charge in [-0.25, -0.2) is 9.59 Å². The third kappa shape index (κ3) is 4.81. The molecule has 0 radical (unpaired) electrons. The number of amides is 1. The van der Waals surface area contributed by atoms with E-state index < -0.39 is 17.8 Å². The zero-order valence-corrected chi connectivity index (χ0v) is 12.9. The number of carbonyl (C=O) groups is 3. The first-order valence-electron chi connectivity index (χ1n) is 7.05. The van der Waals surface area contributed by atoms with Crippen LogP contribution in [0.25, 0.3) is 6.08 Å². The molecule has 0 aliphatic rings. The van der Waals surface area contributed by atoms with Crippen LogP contribution in [0.4, 0.5) is 0 Å². The molecule has 24 heavy (non-hydrogen) atoms. The zero-order chi connectivity index (χ0) is 17.5. The molecule has 122 valence electrons. The molecule has 0 atom stereocenters. The van der Waals surface area contributed by atoms with Crippen molar-refractivity contribution in [3.05, 3.63) is 71.4 Å². The summed E-state index contributed by atoms with van der Waals surface area (Å²) in [4.78, 5) is 34.0. The number of hydrogen-bond donors (Lipinski definition) is 2. The topological polar surface area (TPSA) is 92.7 Å². The fourth-order valence-corrected chi connectivity index (χ4v) is 1.88. The van der Waals surface area contributed by atoms with Gasteiger partial charge in [0, 0.05) is 6.92 Å². The summed E-state index contributed by atoms with van der Waals surface area (Å²) in [7, 11) is 0. The van der Waals surface area contributed by atoms with Crippen LogP contribution in [0.15, 0.2) is 60.3 Å². The second-order valence-corrected chi connectivity index (χ2v) is 4.87. The Balaban J connectivity index is 2.11. The van der Waals surface area contributed by atoms with Crippen molar-refractivity contribution in [2.75, 3.05) is 0 Å². The first kappa shape index (κ1) is 17.0. The second kappa shape index (κ2) is 7.73. The third-order valence-corrected chi connectivity index (χ3v) is 2.95. The van der Waals surface area contributed by atoms with Crippen molar-refractivity contribution in [2.24, 2.45) is 0 Å². The van der Waals surface area contributed by atoms with Gasteiger partial charge in [0.25, 0.3) is 0 Å². The molecule has 2 N–H and O–H groups in total. The predicted molar refractivity (Wildman–Crippen MR) is 87.3 cm³/mol. The van der Waals surface area contributed by atoms with Gasteiger partial charge in [-0.1, -0.05) is 30.3 Å². The molecule has 0 aliphatic heterocycles. The number of benzene rings is 2. The minimum atomic E-state index is -1.25. The van der Waals surface area contributed by atoms with Gasteiger partial charge < -0.3 is 15.2 Å². The second-order valence-electron chi connectivity index (χ2n) is 4.87. The molecule has 0 spiro atoms. The van der Waals surface area contributed by atoms with Gasteiger partial charge >= 0.3 is 11.9 Å². The molecule has 0 bridgehead atoms. The van der Waals surface area contributed by atoms with Crippen molar-refractivity contribution in [2.45, 2.75) is 6.92 Å². The standard InChI is InChI=1S/C18H15NO5/c1-12(20)19-16(17(21)22)11-13-7-9-15(10-8-13)24-18(23)14-5-3-2-4-6-14/h2-11H,1H3,(H,19,20)(H,21,22). The Labute approximate surface area is 138 Å². The average Bonchev–Trinajstić information content (AvgIpc) is 2.56. The van der Waals surface area contributed by atoms with E-state index in [1.807, 2.05) is 0 Å². The van der Waals surface area contributed by atoms with E-state index in [9.17, 15) is 14.4 Å². The van der Waals surface area contributed by atoms with Crippen LogP contribution in [0.2, 0.25) is 0 Å². The molecular formula is C18H15NO5. The molecule has 0 heterocycles. The number of carboxylic acids is 1. The van der Waals surface area contributed by atoms with E-state index in [-0.39, 0.29) is 5.70 Å². The van der Waals surface area contributed by atoms with E-state index in [2.05, 4.69) is 5.32 Å². The maximum absolute atomic E-state index is 11.9. The summed E-state index contributed by atoms with van der Waals surface area (Å²) < 4.78 is 5.23. The van der Waals surface area contributed by atoms with Crippen molar-refractivity contribution in [3.8, 4) is 5.75 Å². The van der Waals surface area contributed by atoms with Gasteiger partial charge in [-0.3, -0.25) is 4.79 Å². The molecule has 1 amide bonds. The molecular weight excluding hydrogens is 310 g/mol. The van der Waals surface area contributed by atoms with E-state index >= 15 is 0 Å². The van der Waals surface area contributed by atoms with E-state index in [0.29, 0.717) is 16.9 Å². The molecule has 6 heteroatoms. The molecule has 2 rings (SSSR count). The first-order chi connectivity index (χ1) is 11.5. The van der Waals surface area contributed by atoms with Crippen LogP contribution in [0, 0.1) is 0 Å². The van der Waals surface area contributed by atoms with Crippen molar-refractivity contribution in [1.29, 1.82) is 0 Å². The normalized spacial score (nSPS) is 10.8. The van der Waals surface area contributed by atoms with Crippen LogP contribution < -0.4 is 10.1 Å². The van der Waals surface area contributed by atoms with Crippen molar-refractivity contribution in [1.82, 2.24) is 5.32 Å².